The summed E-state index contributed by atoms with van der Waals surface area (Å²) in [6.07, 6.45) is 15.1. The van der Waals surface area contributed by atoms with Crippen LogP contribution in [-0.4, -0.2) is 64.2 Å². The lowest BCUT2D eigenvalue weighted by Gasteiger charge is -2.41. The molecular weight excluding hydrogens is 739 g/mol. The van der Waals surface area contributed by atoms with Gasteiger partial charge in [0, 0.05) is 24.2 Å². The second kappa shape index (κ2) is 24.6. The standard InChI is InChI=1S/C39H82O9P2S2/c1-16-19-21-23-25-27-39(13,28-26-24-22-20-17-2)48-50(42,44-15)47-35(5,6)29-30-45-38(11,12)49(41,43-14)46-36(7,8)32-37(9,10)52-51-33(4)31-34(40)18-3/h33-34,40H,16-32H2,1-15H3. The minimum absolute atomic E-state index is 0.145. The molecule has 0 saturated carbocycles. The summed E-state index contributed by atoms with van der Waals surface area (Å²) < 4.78 is 64.3. The van der Waals surface area contributed by atoms with E-state index < -0.39 is 37.6 Å². The minimum Gasteiger partial charge on any atom is -0.393 e. The van der Waals surface area contributed by atoms with Crippen LogP contribution >= 0.6 is 37.0 Å². The van der Waals surface area contributed by atoms with Gasteiger partial charge in [0.15, 0.2) is 5.34 Å². The van der Waals surface area contributed by atoms with Crippen molar-refractivity contribution in [2.75, 3.05) is 20.8 Å². The summed E-state index contributed by atoms with van der Waals surface area (Å²) in [6, 6.07) is 0. The van der Waals surface area contributed by atoms with Crippen LogP contribution in [0.1, 0.15) is 193 Å². The van der Waals surface area contributed by atoms with Gasteiger partial charge in [-0.05, 0) is 101 Å². The summed E-state index contributed by atoms with van der Waals surface area (Å²) in [5.74, 6) is 0. The first-order valence-corrected chi connectivity index (χ1v) is 25.2. The van der Waals surface area contributed by atoms with Gasteiger partial charge < -0.3 is 18.9 Å². The molecule has 0 bridgehead atoms. The van der Waals surface area contributed by atoms with Gasteiger partial charge in [-0.25, -0.2) is 4.57 Å². The van der Waals surface area contributed by atoms with E-state index in [1.54, 1.807) is 35.4 Å². The maximum Gasteiger partial charge on any atom is 0.475 e. The van der Waals surface area contributed by atoms with Crippen molar-refractivity contribution in [3.05, 3.63) is 0 Å². The average Bonchev–Trinajstić information content (AvgIpc) is 3.02. The first-order chi connectivity index (χ1) is 23.9. The van der Waals surface area contributed by atoms with Crippen LogP contribution in [0.3, 0.4) is 0 Å². The monoisotopic (exact) mass is 820 g/mol. The van der Waals surface area contributed by atoms with Crippen molar-refractivity contribution >= 4 is 37.0 Å². The van der Waals surface area contributed by atoms with Crippen molar-refractivity contribution in [2.24, 2.45) is 0 Å². The number of hydrogen-bond acceptors (Lipinski definition) is 11. The molecule has 314 valence electrons. The molecule has 0 amide bonds. The van der Waals surface area contributed by atoms with E-state index in [1.807, 2.05) is 41.5 Å². The lowest BCUT2D eigenvalue weighted by molar-refractivity contribution is -0.0482. The Hall–Kier alpha value is 0.880. The highest BCUT2D eigenvalue weighted by Crippen LogP contribution is 2.63. The van der Waals surface area contributed by atoms with E-state index in [2.05, 4.69) is 34.6 Å². The molecule has 0 aromatic carbocycles. The van der Waals surface area contributed by atoms with Crippen molar-refractivity contribution in [1.82, 2.24) is 0 Å². The molecule has 0 fully saturated rings. The van der Waals surface area contributed by atoms with Crippen LogP contribution in [-0.2, 0) is 36.5 Å². The van der Waals surface area contributed by atoms with Gasteiger partial charge in [0.2, 0.25) is 0 Å². The Labute approximate surface area is 329 Å². The fraction of sp³-hybridized carbons (Fsp3) is 1.00. The first-order valence-electron chi connectivity index (χ1n) is 20.0. The Kier molecular flexibility index (Phi) is 25.0. The predicted octanol–water partition coefficient (Wildman–Crippen LogP) is 13.9. The summed E-state index contributed by atoms with van der Waals surface area (Å²) in [5.41, 5.74) is -2.36. The van der Waals surface area contributed by atoms with Crippen molar-refractivity contribution in [2.45, 2.75) is 231 Å². The summed E-state index contributed by atoms with van der Waals surface area (Å²) in [6.45, 7) is 26.0. The third kappa shape index (κ3) is 22.0. The molecule has 0 aliphatic heterocycles. The lowest BCUT2D eigenvalue weighted by atomic mass is 9.91. The summed E-state index contributed by atoms with van der Waals surface area (Å²) in [7, 11) is -1.43. The smallest absolute Gasteiger partial charge is 0.393 e. The molecule has 0 aromatic rings. The molecule has 9 nitrogen and oxygen atoms in total. The van der Waals surface area contributed by atoms with E-state index in [4.69, 9.17) is 27.4 Å². The predicted molar refractivity (Wildman–Crippen MR) is 225 cm³/mol. The van der Waals surface area contributed by atoms with E-state index in [0.717, 1.165) is 51.4 Å². The highest BCUT2D eigenvalue weighted by Gasteiger charge is 2.49. The molecule has 0 spiro atoms. The number of ether oxygens (including phenoxy) is 1. The second-order valence-electron chi connectivity index (χ2n) is 17.2. The topological polar surface area (TPSA) is 110 Å². The Balaban J connectivity index is 5.55. The number of aliphatic hydroxyl groups excluding tert-OH is 1. The van der Waals surface area contributed by atoms with Gasteiger partial charge in [0.25, 0.3) is 0 Å². The number of unbranched alkanes of at least 4 members (excludes halogenated alkanes) is 8. The van der Waals surface area contributed by atoms with Crippen molar-refractivity contribution in [1.29, 1.82) is 0 Å². The maximum absolute atomic E-state index is 14.3. The van der Waals surface area contributed by atoms with Gasteiger partial charge in [-0.2, -0.15) is 0 Å². The molecule has 0 radical (unpaired) electrons. The lowest BCUT2D eigenvalue weighted by Crippen LogP contribution is -2.37. The number of rotatable bonds is 33. The number of phosphoric ester groups is 1. The highest BCUT2D eigenvalue weighted by molar-refractivity contribution is 8.77. The van der Waals surface area contributed by atoms with Crippen molar-refractivity contribution in [3.8, 4) is 0 Å². The molecule has 0 saturated heterocycles. The number of phosphoric acid groups is 1. The maximum atomic E-state index is 14.3. The Bertz CT molecular complexity index is 1040. The summed E-state index contributed by atoms with van der Waals surface area (Å²) in [4.78, 5) is 0. The van der Waals surface area contributed by atoms with Gasteiger partial charge in [-0.3, -0.25) is 18.1 Å². The molecule has 4 atom stereocenters. The zero-order chi connectivity index (χ0) is 40.3. The zero-order valence-corrected chi connectivity index (χ0v) is 39.5. The van der Waals surface area contributed by atoms with Crippen LogP contribution in [0.5, 0.6) is 0 Å². The van der Waals surface area contributed by atoms with Crippen molar-refractivity contribution < 1.29 is 41.6 Å². The fourth-order valence-corrected chi connectivity index (χ4v) is 12.5. The summed E-state index contributed by atoms with van der Waals surface area (Å²) >= 11 is 0. The van der Waals surface area contributed by atoms with E-state index in [-0.39, 0.29) is 17.5 Å². The highest BCUT2D eigenvalue weighted by atomic mass is 33.1. The van der Waals surface area contributed by atoms with E-state index in [0.29, 0.717) is 18.1 Å². The van der Waals surface area contributed by atoms with Crippen LogP contribution in [0, 0.1) is 0 Å². The van der Waals surface area contributed by atoms with Crippen LogP contribution in [0.15, 0.2) is 0 Å². The van der Waals surface area contributed by atoms with Gasteiger partial charge >= 0.3 is 15.4 Å². The van der Waals surface area contributed by atoms with Crippen LogP contribution in [0.2, 0.25) is 0 Å². The molecule has 0 aliphatic rings. The molecular formula is C39H82O9P2S2. The average molecular weight is 821 g/mol. The zero-order valence-electron chi connectivity index (χ0n) is 36.1. The number of hydrogen-bond donors (Lipinski definition) is 1. The molecule has 0 aliphatic carbocycles. The quantitative estimate of drug-likeness (QED) is 0.0388. The number of aliphatic hydroxyl groups is 1. The molecule has 0 heterocycles. The molecule has 0 rings (SSSR count). The third-order valence-corrected chi connectivity index (χ3v) is 17.7. The summed E-state index contributed by atoms with van der Waals surface area (Å²) in [5, 5.41) is 9.06. The minimum atomic E-state index is -3.93. The van der Waals surface area contributed by atoms with Crippen LogP contribution < -0.4 is 0 Å². The van der Waals surface area contributed by atoms with Crippen LogP contribution in [0.25, 0.3) is 0 Å². The van der Waals surface area contributed by atoms with Crippen LogP contribution in [0.4, 0.5) is 0 Å². The SMILES string of the molecule is CCCCCCCC(C)(CCCCCCC)OP(=O)(OC)OC(C)(C)CCOC(C)(C)P(=O)(OC)OC(C)(C)CC(C)(C)SSC(C)CC(O)CC. The van der Waals surface area contributed by atoms with Gasteiger partial charge in [-0.1, -0.05) is 113 Å². The molecule has 1 N–H and O–H groups in total. The van der Waals surface area contributed by atoms with Gasteiger partial charge in [0.1, 0.15) is 0 Å². The van der Waals surface area contributed by atoms with Crippen molar-refractivity contribution in [3.63, 3.8) is 0 Å². The Morgan fingerprint density at radius 2 is 1.19 bits per heavy atom. The first kappa shape index (κ1) is 52.9. The fourth-order valence-electron chi connectivity index (χ4n) is 6.34. The van der Waals surface area contributed by atoms with Gasteiger partial charge in [-0.15, -0.1) is 0 Å². The van der Waals surface area contributed by atoms with E-state index in [1.165, 1.54) is 52.7 Å². The normalized spacial score (nSPS) is 17.2. The van der Waals surface area contributed by atoms with E-state index >= 15 is 0 Å². The van der Waals surface area contributed by atoms with E-state index in [9.17, 15) is 14.2 Å². The molecule has 4 unspecified atom stereocenters. The van der Waals surface area contributed by atoms with Gasteiger partial charge in [0.05, 0.1) is 29.5 Å². The Morgan fingerprint density at radius 1 is 0.673 bits per heavy atom. The largest absolute Gasteiger partial charge is 0.475 e. The molecule has 0 aromatic heterocycles. The second-order valence-corrected chi connectivity index (χ2v) is 24.7. The molecule has 13 heteroatoms. The molecule has 52 heavy (non-hydrogen) atoms. The third-order valence-electron chi connectivity index (χ3n) is 9.32. The Morgan fingerprint density at radius 3 is 1.65 bits per heavy atom.